The lowest BCUT2D eigenvalue weighted by Gasteiger charge is -2.32. The van der Waals surface area contributed by atoms with E-state index in [2.05, 4.69) is 15.0 Å². The third kappa shape index (κ3) is 7.55. The summed E-state index contributed by atoms with van der Waals surface area (Å²) in [6.45, 7) is 3.89. The summed E-state index contributed by atoms with van der Waals surface area (Å²) in [7, 11) is -1.13. The maximum atomic E-state index is 12.5. The van der Waals surface area contributed by atoms with Crippen molar-refractivity contribution in [1.82, 2.24) is 24.2 Å². The van der Waals surface area contributed by atoms with Crippen molar-refractivity contribution in [3.05, 3.63) is 83.4 Å². The van der Waals surface area contributed by atoms with Gasteiger partial charge in [0.2, 0.25) is 5.91 Å². The predicted octanol–water partition coefficient (Wildman–Crippen LogP) is 4.76. The number of halogens is 1. The molecule has 252 valence electrons. The van der Waals surface area contributed by atoms with Crippen molar-refractivity contribution in [2.45, 2.75) is 38.1 Å². The lowest BCUT2D eigenvalue weighted by molar-refractivity contribution is -0.114. The molecule has 2 aromatic carbocycles. The van der Waals surface area contributed by atoms with Gasteiger partial charge in [-0.1, -0.05) is 42.0 Å². The molecule has 1 unspecified atom stereocenters. The zero-order valence-corrected chi connectivity index (χ0v) is 29.3. The number of primary amides is 1. The molecule has 4 aromatic rings. The van der Waals surface area contributed by atoms with Gasteiger partial charge in [-0.3, -0.25) is 14.0 Å². The third-order valence-corrected chi connectivity index (χ3v) is 10.4. The highest BCUT2D eigenvalue weighted by Crippen LogP contribution is 2.37. The van der Waals surface area contributed by atoms with Crippen LogP contribution in [0.2, 0.25) is 5.02 Å². The van der Waals surface area contributed by atoms with Crippen LogP contribution in [0.25, 0.3) is 27.9 Å². The van der Waals surface area contributed by atoms with E-state index < -0.39 is 28.0 Å². The van der Waals surface area contributed by atoms with Gasteiger partial charge >= 0.3 is 0 Å². The van der Waals surface area contributed by atoms with E-state index in [1.54, 1.807) is 23.3 Å². The van der Waals surface area contributed by atoms with Crippen molar-refractivity contribution in [2.75, 3.05) is 31.6 Å². The number of aryl methyl sites for hydroxylation is 1. The Morgan fingerprint density at radius 1 is 1.19 bits per heavy atom. The summed E-state index contributed by atoms with van der Waals surface area (Å²) in [5.41, 5.74) is 10.9. The fraction of sp³-hybridized carbons (Fsp3) is 0.353. The van der Waals surface area contributed by atoms with Gasteiger partial charge in [0.1, 0.15) is 34.1 Å². The van der Waals surface area contributed by atoms with Crippen molar-refractivity contribution in [2.24, 2.45) is 12.8 Å². The van der Waals surface area contributed by atoms with Crippen LogP contribution >= 0.6 is 23.8 Å². The Labute approximate surface area is 289 Å². The quantitative estimate of drug-likeness (QED) is 0.219. The Bertz CT molecular complexity index is 2040. The molecule has 6 rings (SSSR count). The molecule has 1 aliphatic carbocycles. The molecule has 14 heteroatoms. The number of thiocarbonyl (C=S) groups is 1. The number of nitrogens with two attached hydrogens (primary N) is 1. The highest BCUT2D eigenvalue weighted by molar-refractivity contribution is 7.90. The molecule has 0 bridgehead atoms. The van der Waals surface area contributed by atoms with E-state index in [4.69, 9.17) is 39.0 Å². The zero-order valence-electron chi connectivity index (χ0n) is 26.9. The van der Waals surface area contributed by atoms with Gasteiger partial charge in [-0.05, 0) is 55.7 Å². The molecular formula is C34H37ClN6O5S2. The summed E-state index contributed by atoms with van der Waals surface area (Å²) in [6.07, 6.45) is 10.4. The topological polar surface area (TPSA) is 135 Å². The van der Waals surface area contributed by atoms with Gasteiger partial charge in [0, 0.05) is 56.0 Å². The van der Waals surface area contributed by atoms with E-state index in [0.717, 1.165) is 48.1 Å². The largest absolute Gasteiger partial charge is 0.489 e. The normalized spacial score (nSPS) is 18.5. The molecule has 0 spiro atoms. The van der Waals surface area contributed by atoms with Gasteiger partial charge in [-0.25, -0.2) is 13.4 Å². The number of rotatable bonds is 11. The SMILES string of the molecule is C[C@@H](OC1C=C(n2cnc3cc(-c4cnn(C)c4)ccc32)C=C(C(N)=O)C1=S)c1cccc(OC2CCN(CCS(C)(=O)=O)CC2)c1Cl. The van der Waals surface area contributed by atoms with Crippen molar-refractivity contribution in [1.29, 1.82) is 0 Å². The van der Waals surface area contributed by atoms with Crippen LogP contribution < -0.4 is 10.5 Å². The van der Waals surface area contributed by atoms with Crippen LogP contribution in [0.1, 0.15) is 31.4 Å². The standard InChI is InChI=1S/C34H37ClN6O5S2/c1-21(26-5-4-6-30(32(26)35)46-25-9-11-40(12-10-25)13-14-48(3,43)44)45-31-17-24(16-27(33(31)47)34(36)42)41-20-37-28-15-22(7-8-29(28)41)23-18-38-39(2)19-23/h4-8,15-21,25,31H,9-14H2,1-3H3,(H2,36,42)/t21-,31?/m1/s1. The first-order valence-electron chi connectivity index (χ1n) is 15.6. The minimum Gasteiger partial charge on any atom is -0.489 e. The highest BCUT2D eigenvalue weighted by Gasteiger charge is 2.29. The first-order valence-corrected chi connectivity index (χ1v) is 18.5. The number of carbonyl (C=O) groups excluding carboxylic acids is 1. The van der Waals surface area contributed by atoms with Gasteiger partial charge in [-0.2, -0.15) is 5.10 Å². The molecule has 1 aliphatic heterocycles. The van der Waals surface area contributed by atoms with Crippen LogP contribution in [0, 0.1) is 0 Å². The molecule has 11 nitrogen and oxygen atoms in total. The number of hydrogen-bond donors (Lipinski definition) is 1. The van der Waals surface area contributed by atoms with Crippen LogP contribution in [-0.2, 0) is 26.4 Å². The van der Waals surface area contributed by atoms with E-state index in [9.17, 15) is 13.2 Å². The van der Waals surface area contributed by atoms with Crippen LogP contribution in [0.4, 0.5) is 0 Å². The zero-order chi connectivity index (χ0) is 34.2. The third-order valence-electron chi connectivity index (χ3n) is 8.66. The van der Waals surface area contributed by atoms with Crippen LogP contribution in [0.15, 0.2) is 72.8 Å². The molecule has 1 amide bonds. The Morgan fingerprint density at radius 2 is 1.96 bits per heavy atom. The molecule has 48 heavy (non-hydrogen) atoms. The molecule has 0 saturated carbocycles. The Morgan fingerprint density at radius 3 is 2.65 bits per heavy atom. The number of fused-ring (bicyclic) bond motifs is 1. The fourth-order valence-corrected chi connectivity index (χ4v) is 7.21. The van der Waals surface area contributed by atoms with E-state index in [1.165, 1.54) is 6.26 Å². The molecule has 2 aliphatic rings. The van der Waals surface area contributed by atoms with Crippen molar-refractivity contribution >= 4 is 61.2 Å². The second-order valence-corrected chi connectivity index (χ2v) is 15.3. The molecule has 1 fully saturated rings. The van der Waals surface area contributed by atoms with Crippen LogP contribution in [0.5, 0.6) is 5.75 Å². The Hall–Kier alpha value is -3.88. The van der Waals surface area contributed by atoms with Crippen molar-refractivity contribution < 1.29 is 22.7 Å². The predicted molar refractivity (Wildman–Crippen MR) is 191 cm³/mol. The summed E-state index contributed by atoms with van der Waals surface area (Å²) < 4.78 is 39.5. The van der Waals surface area contributed by atoms with E-state index in [1.807, 2.05) is 67.2 Å². The van der Waals surface area contributed by atoms with E-state index in [-0.39, 0.29) is 22.3 Å². The summed E-state index contributed by atoms with van der Waals surface area (Å²) in [5.74, 6) is 0.0511. The maximum Gasteiger partial charge on any atom is 0.250 e. The number of nitrogens with zero attached hydrogens (tertiary/aromatic N) is 5. The fourth-order valence-electron chi connectivity index (χ4n) is 6.01. The van der Waals surface area contributed by atoms with Gasteiger partial charge in [0.25, 0.3) is 0 Å². The van der Waals surface area contributed by atoms with Gasteiger partial charge in [0.15, 0.2) is 0 Å². The number of amides is 1. The lowest BCUT2D eigenvalue weighted by atomic mass is 9.98. The molecule has 2 aromatic heterocycles. The number of ether oxygens (including phenoxy) is 2. The number of sulfone groups is 1. The average Bonchev–Trinajstić information content (AvgIpc) is 3.68. The Balaban J connectivity index is 1.19. The first kappa shape index (κ1) is 34.0. The number of piperidine rings is 1. The smallest absolute Gasteiger partial charge is 0.250 e. The number of hydrogen-bond acceptors (Lipinski definition) is 9. The van der Waals surface area contributed by atoms with Crippen LogP contribution in [0.3, 0.4) is 0 Å². The van der Waals surface area contributed by atoms with E-state index >= 15 is 0 Å². The highest BCUT2D eigenvalue weighted by atomic mass is 35.5. The summed E-state index contributed by atoms with van der Waals surface area (Å²) >= 11 is 12.6. The second-order valence-electron chi connectivity index (χ2n) is 12.2. The average molecular weight is 709 g/mol. The van der Waals surface area contributed by atoms with Gasteiger partial charge < -0.3 is 20.1 Å². The van der Waals surface area contributed by atoms with Crippen molar-refractivity contribution in [3.63, 3.8) is 0 Å². The van der Waals surface area contributed by atoms with Gasteiger partial charge in [-0.15, -0.1) is 0 Å². The Kier molecular flexibility index (Phi) is 9.86. The maximum absolute atomic E-state index is 12.5. The summed E-state index contributed by atoms with van der Waals surface area (Å²) in [6, 6.07) is 11.5. The molecule has 3 heterocycles. The number of allylic oxidation sites excluding steroid dienone is 2. The molecule has 2 N–H and O–H groups in total. The minimum atomic E-state index is -3.01. The van der Waals surface area contributed by atoms with Gasteiger partial charge in [0.05, 0.1) is 44.5 Å². The lowest BCUT2D eigenvalue weighted by Crippen LogP contribution is -2.40. The molecule has 2 atom stereocenters. The second kappa shape index (κ2) is 13.9. The number of aromatic nitrogens is 4. The number of likely N-dealkylation sites (tertiary alicyclic amines) is 1. The number of benzene rings is 2. The number of carbonyl (C=O) groups is 1. The summed E-state index contributed by atoms with van der Waals surface area (Å²) in [5, 5.41) is 4.70. The van der Waals surface area contributed by atoms with Crippen molar-refractivity contribution in [3.8, 4) is 16.9 Å². The van der Waals surface area contributed by atoms with Crippen LogP contribution in [-0.4, -0.2) is 87.3 Å². The van der Waals surface area contributed by atoms with E-state index in [0.29, 0.717) is 28.6 Å². The minimum absolute atomic E-state index is 0.0476. The molecule has 0 radical (unpaired) electrons. The molecular weight excluding hydrogens is 672 g/mol. The summed E-state index contributed by atoms with van der Waals surface area (Å²) in [4.78, 5) is 19.6. The number of imidazole rings is 1. The molecule has 1 saturated heterocycles. The monoisotopic (exact) mass is 708 g/mol. The first-order chi connectivity index (χ1) is 22.9.